The third kappa shape index (κ3) is 5.14. The predicted octanol–water partition coefficient (Wildman–Crippen LogP) is 4.00. The average molecular weight is 397 g/mol. The van der Waals surface area contributed by atoms with E-state index in [1.165, 1.54) is 0 Å². The maximum atomic E-state index is 12.0. The van der Waals surface area contributed by atoms with Crippen LogP contribution in [0, 0.1) is 6.92 Å². The van der Waals surface area contributed by atoms with Gasteiger partial charge in [0.05, 0.1) is 5.69 Å². The normalized spacial score (nSPS) is 10.4. The molecule has 0 bridgehead atoms. The van der Waals surface area contributed by atoms with Gasteiger partial charge in [0.2, 0.25) is 0 Å². The highest BCUT2D eigenvalue weighted by atomic mass is 32.1. The van der Waals surface area contributed by atoms with Gasteiger partial charge in [0.1, 0.15) is 11.5 Å². The van der Waals surface area contributed by atoms with E-state index in [4.69, 9.17) is 9.47 Å². The maximum Gasteiger partial charge on any atom is 0.352 e. The van der Waals surface area contributed by atoms with Gasteiger partial charge in [0.15, 0.2) is 11.5 Å². The zero-order chi connectivity index (χ0) is 19.9. The van der Waals surface area contributed by atoms with Crippen molar-refractivity contribution < 1.29 is 19.1 Å². The molecule has 0 fully saturated rings. The Hall–Kier alpha value is -3.26. The summed E-state index contributed by atoms with van der Waals surface area (Å²) in [5, 5.41) is 6.52. The highest BCUT2D eigenvalue weighted by molar-refractivity contribution is 7.07. The maximum absolute atomic E-state index is 12.0. The quantitative estimate of drug-likeness (QED) is 0.606. The van der Waals surface area contributed by atoms with Gasteiger partial charge in [-0.05, 0) is 61.3 Å². The van der Waals surface area contributed by atoms with E-state index < -0.39 is 11.9 Å². The van der Waals surface area contributed by atoms with Gasteiger partial charge in [0.25, 0.3) is 5.91 Å². The van der Waals surface area contributed by atoms with Crippen molar-refractivity contribution in [2.45, 2.75) is 20.3 Å². The molecule has 1 heterocycles. The number of nitrogens with zero attached hydrogens (tertiary/aromatic N) is 2. The van der Waals surface area contributed by atoms with Gasteiger partial charge in [-0.3, -0.25) is 4.79 Å². The summed E-state index contributed by atoms with van der Waals surface area (Å²) in [6.07, 6.45) is 0.574. The minimum Gasteiger partial charge on any atom is -0.457 e. The molecule has 1 N–H and O–H groups in total. The van der Waals surface area contributed by atoms with E-state index in [0.29, 0.717) is 28.4 Å². The van der Waals surface area contributed by atoms with Crippen molar-refractivity contribution in [3.63, 3.8) is 0 Å². The molecule has 0 aliphatic carbocycles. The molecule has 0 atom stereocenters. The lowest BCUT2D eigenvalue weighted by molar-refractivity contribution is -0.119. The van der Waals surface area contributed by atoms with Crippen LogP contribution in [0.5, 0.6) is 11.5 Å². The molecule has 0 aliphatic rings. The predicted molar refractivity (Wildman–Crippen MR) is 106 cm³/mol. The summed E-state index contributed by atoms with van der Waals surface area (Å²) in [6, 6.07) is 14.6. The SMILES string of the molecule is CCc1nnsc1C(=O)OCC(=O)Nc1ccc(Oc2ccc(C)cc2)cc1. The van der Waals surface area contributed by atoms with Gasteiger partial charge >= 0.3 is 5.97 Å². The Morgan fingerprint density at radius 1 is 1.04 bits per heavy atom. The number of nitrogens with one attached hydrogen (secondary N) is 1. The van der Waals surface area contributed by atoms with Crippen LogP contribution in [0.3, 0.4) is 0 Å². The van der Waals surface area contributed by atoms with E-state index in [1.54, 1.807) is 24.3 Å². The van der Waals surface area contributed by atoms with Gasteiger partial charge in [-0.1, -0.05) is 29.1 Å². The van der Waals surface area contributed by atoms with Crippen LogP contribution < -0.4 is 10.1 Å². The van der Waals surface area contributed by atoms with Crippen LogP contribution in [0.1, 0.15) is 27.9 Å². The van der Waals surface area contributed by atoms with Crippen molar-refractivity contribution in [3.05, 3.63) is 64.7 Å². The number of aryl methyl sites for hydroxylation is 2. The van der Waals surface area contributed by atoms with Crippen LogP contribution >= 0.6 is 11.5 Å². The van der Waals surface area contributed by atoms with Gasteiger partial charge in [-0.25, -0.2) is 4.79 Å². The summed E-state index contributed by atoms with van der Waals surface area (Å²) in [4.78, 5) is 24.3. The summed E-state index contributed by atoms with van der Waals surface area (Å²) >= 11 is 0.960. The third-order valence-electron chi connectivity index (χ3n) is 3.81. The molecule has 3 rings (SSSR count). The van der Waals surface area contributed by atoms with Crippen molar-refractivity contribution in [1.82, 2.24) is 9.59 Å². The van der Waals surface area contributed by atoms with Gasteiger partial charge in [-0.15, -0.1) is 5.10 Å². The molecular formula is C20H19N3O4S. The van der Waals surface area contributed by atoms with E-state index in [9.17, 15) is 9.59 Å². The molecule has 8 heteroatoms. The fraction of sp³-hybridized carbons (Fsp3) is 0.200. The number of hydrogen-bond acceptors (Lipinski definition) is 7. The summed E-state index contributed by atoms with van der Waals surface area (Å²) in [5.41, 5.74) is 2.30. The number of benzene rings is 2. The van der Waals surface area contributed by atoms with Crippen LogP contribution in [-0.4, -0.2) is 28.1 Å². The average Bonchev–Trinajstić information content (AvgIpc) is 3.18. The highest BCUT2D eigenvalue weighted by Gasteiger charge is 2.17. The second-order valence-electron chi connectivity index (χ2n) is 5.97. The standard InChI is InChI=1S/C20H19N3O4S/c1-3-17-19(28-23-22-17)20(25)26-12-18(24)21-14-6-10-16(11-7-14)27-15-8-4-13(2)5-9-15/h4-11H,3,12H2,1-2H3,(H,21,24). The first-order chi connectivity index (χ1) is 13.5. The Balaban J connectivity index is 1.50. The Bertz CT molecular complexity index is 952. The number of carbonyl (C=O) groups is 2. The lowest BCUT2D eigenvalue weighted by Gasteiger charge is -2.09. The number of anilines is 1. The summed E-state index contributed by atoms with van der Waals surface area (Å²) < 4.78 is 14.5. The largest absolute Gasteiger partial charge is 0.457 e. The van der Waals surface area contributed by atoms with Gasteiger partial charge in [-0.2, -0.15) is 0 Å². The van der Waals surface area contributed by atoms with E-state index in [2.05, 4.69) is 14.9 Å². The number of ether oxygens (including phenoxy) is 2. The minimum absolute atomic E-state index is 0.327. The van der Waals surface area contributed by atoms with Crippen LogP contribution in [0.25, 0.3) is 0 Å². The molecule has 0 radical (unpaired) electrons. The van der Waals surface area contributed by atoms with E-state index in [0.717, 1.165) is 22.8 Å². The topological polar surface area (TPSA) is 90.4 Å². The zero-order valence-electron chi connectivity index (χ0n) is 15.5. The number of amides is 1. The molecule has 3 aromatic rings. The smallest absolute Gasteiger partial charge is 0.352 e. The number of esters is 1. The van der Waals surface area contributed by atoms with Crippen molar-refractivity contribution in [2.75, 3.05) is 11.9 Å². The molecule has 0 aliphatic heterocycles. The molecule has 2 aromatic carbocycles. The molecule has 0 spiro atoms. The van der Waals surface area contributed by atoms with Crippen molar-refractivity contribution in [3.8, 4) is 11.5 Å². The minimum atomic E-state index is -0.594. The van der Waals surface area contributed by atoms with Crippen molar-refractivity contribution in [2.24, 2.45) is 0 Å². The number of aromatic nitrogens is 2. The molecule has 7 nitrogen and oxygen atoms in total. The Morgan fingerprint density at radius 3 is 2.32 bits per heavy atom. The monoisotopic (exact) mass is 397 g/mol. The fourth-order valence-electron chi connectivity index (χ4n) is 2.34. The fourth-order valence-corrected chi connectivity index (χ4v) is 2.98. The van der Waals surface area contributed by atoms with Crippen LogP contribution in [-0.2, 0) is 16.0 Å². The first-order valence-corrected chi connectivity index (χ1v) is 9.45. The Morgan fingerprint density at radius 2 is 1.68 bits per heavy atom. The van der Waals surface area contributed by atoms with Gasteiger partial charge in [0, 0.05) is 5.69 Å². The van der Waals surface area contributed by atoms with Crippen molar-refractivity contribution >= 4 is 29.1 Å². The number of carbonyl (C=O) groups excluding carboxylic acids is 2. The second-order valence-corrected chi connectivity index (χ2v) is 6.72. The van der Waals surface area contributed by atoms with Gasteiger partial charge < -0.3 is 14.8 Å². The number of rotatable bonds is 7. The highest BCUT2D eigenvalue weighted by Crippen LogP contribution is 2.23. The molecule has 0 unspecified atom stereocenters. The summed E-state index contributed by atoms with van der Waals surface area (Å²) in [5.74, 6) is 0.358. The zero-order valence-corrected chi connectivity index (χ0v) is 16.3. The summed E-state index contributed by atoms with van der Waals surface area (Å²) in [6.45, 7) is 3.49. The van der Waals surface area contributed by atoms with E-state index in [1.807, 2.05) is 38.1 Å². The first kappa shape index (κ1) is 19.5. The molecule has 1 aromatic heterocycles. The molecule has 0 saturated carbocycles. The van der Waals surface area contributed by atoms with Crippen LogP contribution in [0.4, 0.5) is 5.69 Å². The molecule has 0 saturated heterocycles. The molecule has 1 amide bonds. The Kier molecular flexibility index (Phi) is 6.33. The Labute approximate surface area is 166 Å². The number of hydrogen-bond donors (Lipinski definition) is 1. The van der Waals surface area contributed by atoms with E-state index >= 15 is 0 Å². The molecule has 28 heavy (non-hydrogen) atoms. The lowest BCUT2D eigenvalue weighted by Crippen LogP contribution is -2.21. The lowest BCUT2D eigenvalue weighted by atomic mass is 10.2. The van der Waals surface area contributed by atoms with E-state index in [-0.39, 0.29) is 6.61 Å². The first-order valence-electron chi connectivity index (χ1n) is 8.68. The van der Waals surface area contributed by atoms with Crippen molar-refractivity contribution in [1.29, 1.82) is 0 Å². The third-order valence-corrected chi connectivity index (χ3v) is 4.55. The second kappa shape index (κ2) is 9.09. The van der Waals surface area contributed by atoms with Crippen LogP contribution in [0.15, 0.2) is 48.5 Å². The summed E-state index contributed by atoms with van der Waals surface area (Å²) in [7, 11) is 0. The molecular weight excluding hydrogens is 378 g/mol. The molecule has 144 valence electrons. The van der Waals surface area contributed by atoms with Crippen LogP contribution in [0.2, 0.25) is 0 Å².